The first kappa shape index (κ1) is 14.5. The predicted molar refractivity (Wildman–Crippen MR) is 74.8 cm³/mol. The standard InChI is InChI=1S/C14H23ClN2/c1-3-6-11(7-4-2)14(17-16)12-8-5-9-13(15)10-12/h5,8-11,14,17H,3-4,6-7,16H2,1-2H3. The van der Waals surface area contributed by atoms with Crippen LogP contribution in [0.4, 0.5) is 0 Å². The molecule has 1 aromatic carbocycles. The maximum Gasteiger partial charge on any atom is 0.0488 e. The fourth-order valence-corrected chi connectivity index (χ4v) is 2.62. The van der Waals surface area contributed by atoms with E-state index in [1.807, 2.05) is 18.2 Å². The second-order valence-corrected chi connectivity index (χ2v) is 4.97. The molecule has 0 fully saturated rings. The highest BCUT2D eigenvalue weighted by Gasteiger charge is 2.20. The van der Waals surface area contributed by atoms with Crippen LogP contribution in [0.5, 0.6) is 0 Å². The van der Waals surface area contributed by atoms with E-state index in [0.29, 0.717) is 5.92 Å². The third kappa shape index (κ3) is 4.30. The van der Waals surface area contributed by atoms with Gasteiger partial charge in [0.15, 0.2) is 0 Å². The van der Waals surface area contributed by atoms with Gasteiger partial charge in [0.2, 0.25) is 0 Å². The van der Waals surface area contributed by atoms with Gasteiger partial charge < -0.3 is 0 Å². The lowest BCUT2D eigenvalue weighted by Crippen LogP contribution is -2.33. The lowest BCUT2D eigenvalue weighted by Gasteiger charge is -2.26. The molecular formula is C14H23ClN2. The highest BCUT2D eigenvalue weighted by molar-refractivity contribution is 6.30. The van der Waals surface area contributed by atoms with Gasteiger partial charge in [-0.1, -0.05) is 50.4 Å². The summed E-state index contributed by atoms with van der Waals surface area (Å²) in [5.41, 5.74) is 4.14. The van der Waals surface area contributed by atoms with Gasteiger partial charge in [-0.25, -0.2) is 0 Å². The number of hydrazine groups is 1. The Morgan fingerprint density at radius 2 is 1.88 bits per heavy atom. The lowest BCUT2D eigenvalue weighted by molar-refractivity contribution is 0.319. The molecule has 0 saturated heterocycles. The third-order valence-electron chi connectivity index (χ3n) is 3.18. The highest BCUT2D eigenvalue weighted by atomic mass is 35.5. The smallest absolute Gasteiger partial charge is 0.0488 e. The molecule has 0 saturated carbocycles. The zero-order valence-corrected chi connectivity index (χ0v) is 11.5. The van der Waals surface area contributed by atoms with Crippen LogP contribution >= 0.6 is 11.6 Å². The minimum absolute atomic E-state index is 0.202. The largest absolute Gasteiger partial charge is 0.271 e. The van der Waals surface area contributed by atoms with Gasteiger partial charge in [-0.3, -0.25) is 11.3 Å². The average molecular weight is 255 g/mol. The Hall–Kier alpha value is -0.570. The van der Waals surface area contributed by atoms with E-state index in [9.17, 15) is 0 Å². The average Bonchev–Trinajstić information content (AvgIpc) is 2.31. The molecule has 0 heterocycles. The summed E-state index contributed by atoms with van der Waals surface area (Å²) in [7, 11) is 0. The summed E-state index contributed by atoms with van der Waals surface area (Å²) in [5.74, 6) is 6.30. The van der Waals surface area contributed by atoms with Gasteiger partial charge in [0.1, 0.15) is 0 Å². The van der Waals surface area contributed by atoms with Crippen LogP contribution in [0.3, 0.4) is 0 Å². The molecule has 96 valence electrons. The van der Waals surface area contributed by atoms with Crippen LogP contribution in [0.15, 0.2) is 24.3 Å². The normalized spacial score (nSPS) is 13.0. The van der Waals surface area contributed by atoms with Crippen molar-refractivity contribution in [1.29, 1.82) is 0 Å². The van der Waals surface area contributed by atoms with E-state index in [1.54, 1.807) is 0 Å². The maximum absolute atomic E-state index is 6.04. The summed E-state index contributed by atoms with van der Waals surface area (Å²) in [5, 5.41) is 0.773. The Balaban J connectivity index is 2.87. The monoisotopic (exact) mass is 254 g/mol. The molecule has 1 unspecified atom stereocenters. The summed E-state index contributed by atoms with van der Waals surface area (Å²) < 4.78 is 0. The van der Waals surface area contributed by atoms with Crippen LogP contribution in [0, 0.1) is 5.92 Å². The van der Waals surface area contributed by atoms with Crippen LogP contribution in [0.25, 0.3) is 0 Å². The molecule has 1 rings (SSSR count). The molecule has 0 radical (unpaired) electrons. The fraction of sp³-hybridized carbons (Fsp3) is 0.571. The quantitative estimate of drug-likeness (QED) is 0.569. The number of rotatable bonds is 7. The number of halogens is 1. The minimum atomic E-state index is 0.202. The molecular weight excluding hydrogens is 232 g/mol. The molecule has 3 N–H and O–H groups in total. The van der Waals surface area contributed by atoms with Crippen molar-refractivity contribution in [3.63, 3.8) is 0 Å². The van der Waals surface area contributed by atoms with Crippen LogP contribution < -0.4 is 11.3 Å². The summed E-state index contributed by atoms with van der Waals surface area (Å²) >= 11 is 6.04. The fourth-order valence-electron chi connectivity index (χ4n) is 2.42. The number of nitrogens with one attached hydrogen (secondary N) is 1. The molecule has 0 aromatic heterocycles. The topological polar surface area (TPSA) is 38.0 Å². The van der Waals surface area contributed by atoms with E-state index < -0.39 is 0 Å². The van der Waals surface area contributed by atoms with E-state index in [1.165, 1.54) is 31.2 Å². The molecule has 0 aliphatic carbocycles. The summed E-state index contributed by atoms with van der Waals surface area (Å²) in [4.78, 5) is 0. The number of hydrogen-bond donors (Lipinski definition) is 2. The van der Waals surface area contributed by atoms with Crippen molar-refractivity contribution in [1.82, 2.24) is 5.43 Å². The Morgan fingerprint density at radius 1 is 1.24 bits per heavy atom. The van der Waals surface area contributed by atoms with Gasteiger partial charge in [-0.2, -0.15) is 0 Å². The van der Waals surface area contributed by atoms with Gasteiger partial charge in [-0.05, 0) is 36.5 Å². The van der Waals surface area contributed by atoms with E-state index in [0.717, 1.165) is 5.02 Å². The first-order valence-corrected chi connectivity index (χ1v) is 6.82. The van der Waals surface area contributed by atoms with Gasteiger partial charge in [0.25, 0.3) is 0 Å². The third-order valence-corrected chi connectivity index (χ3v) is 3.41. The Bertz CT molecular complexity index is 322. The predicted octanol–water partition coefficient (Wildman–Crippen LogP) is 4.06. The van der Waals surface area contributed by atoms with Crippen molar-refractivity contribution in [2.75, 3.05) is 0 Å². The van der Waals surface area contributed by atoms with Crippen LogP contribution in [0.2, 0.25) is 5.02 Å². The maximum atomic E-state index is 6.04. The SMILES string of the molecule is CCCC(CCC)C(NN)c1cccc(Cl)c1. The summed E-state index contributed by atoms with van der Waals surface area (Å²) in [6.45, 7) is 4.43. The zero-order valence-electron chi connectivity index (χ0n) is 10.7. The molecule has 0 bridgehead atoms. The van der Waals surface area contributed by atoms with Crippen molar-refractivity contribution < 1.29 is 0 Å². The first-order valence-electron chi connectivity index (χ1n) is 6.44. The van der Waals surface area contributed by atoms with E-state index in [4.69, 9.17) is 17.4 Å². The van der Waals surface area contributed by atoms with Gasteiger partial charge in [0.05, 0.1) is 0 Å². The lowest BCUT2D eigenvalue weighted by atomic mass is 9.86. The molecule has 0 amide bonds. The molecule has 3 heteroatoms. The molecule has 17 heavy (non-hydrogen) atoms. The van der Waals surface area contributed by atoms with E-state index >= 15 is 0 Å². The minimum Gasteiger partial charge on any atom is -0.271 e. The summed E-state index contributed by atoms with van der Waals surface area (Å²) in [6, 6.07) is 8.18. The highest BCUT2D eigenvalue weighted by Crippen LogP contribution is 2.30. The molecule has 1 aromatic rings. The number of nitrogens with two attached hydrogens (primary N) is 1. The van der Waals surface area contributed by atoms with Crippen LogP contribution in [-0.2, 0) is 0 Å². The first-order chi connectivity index (χ1) is 8.22. The van der Waals surface area contributed by atoms with Crippen molar-refractivity contribution in [2.24, 2.45) is 11.8 Å². The molecule has 1 atom stereocenters. The van der Waals surface area contributed by atoms with Crippen LogP contribution in [-0.4, -0.2) is 0 Å². The van der Waals surface area contributed by atoms with Crippen molar-refractivity contribution >= 4 is 11.6 Å². The Morgan fingerprint density at radius 3 is 2.35 bits per heavy atom. The second-order valence-electron chi connectivity index (χ2n) is 4.54. The van der Waals surface area contributed by atoms with Gasteiger partial charge in [-0.15, -0.1) is 0 Å². The van der Waals surface area contributed by atoms with Crippen molar-refractivity contribution in [3.05, 3.63) is 34.9 Å². The van der Waals surface area contributed by atoms with Gasteiger partial charge in [0, 0.05) is 11.1 Å². The number of hydrogen-bond acceptors (Lipinski definition) is 2. The van der Waals surface area contributed by atoms with E-state index in [-0.39, 0.29) is 6.04 Å². The van der Waals surface area contributed by atoms with E-state index in [2.05, 4.69) is 25.3 Å². The van der Waals surface area contributed by atoms with Crippen LogP contribution in [0.1, 0.15) is 51.1 Å². The molecule has 0 aliphatic heterocycles. The molecule has 2 nitrogen and oxygen atoms in total. The molecule has 0 spiro atoms. The van der Waals surface area contributed by atoms with Gasteiger partial charge >= 0.3 is 0 Å². The number of benzene rings is 1. The zero-order chi connectivity index (χ0) is 12.7. The Labute approximate surface area is 110 Å². The van der Waals surface area contributed by atoms with Crippen molar-refractivity contribution in [3.8, 4) is 0 Å². The Kier molecular flexibility index (Phi) is 6.56. The molecule has 0 aliphatic rings. The van der Waals surface area contributed by atoms with Crippen molar-refractivity contribution in [2.45, 2.75) is 45.6 Å². The second kappa shape index (κ2) is 7.70. The summed E-state index contributed by atoms with van der Waals surface area (Å²) in [6.07, 6.45) is 4.75.